The van der Waals surface area contributed by atoms with Crippen molar-refractivity contribution in [1.29, 1.82) is 0 Å². The Morgan fingerprint density at radius 3 is 2.88 bits per heavy atom. The van der Waals surface area contributed by atoms with E-state index in [2.05, 4.69) is 10.2 Å². The Morgan fingerprint density at radius 2 is 2.24 bits per heavy atom. The maximum Gasteiger partial charge on any atom is 0.0959 e. The van der Waals surface area contributed by atoms with Crippen LogP contribution in [-0.4, -0.2) is 24.7 Å². The van der Waals surface area contributed by atoms with Gasteiger partial charge in [0.1, 0.15) is 0 Å². The molecule has 0 saturated carbocycles. The van der Waals surface area contributed by atoms with Crippen molar-refractivity contribution >= 4 is 0 Å². The predicted molar refractivity (Wildman–Crippen MR) is 64.4 cm³/mol. The van der Waals surface area contributed by atoms with Crippen molar-refractivity contribution in [2.45, 2.75) is 32.4 Å². The van der Waals surface area contributed by atoms with E-state index in [0.717, 1.165) is 24.2 Å². The highest BCUT2D eigenvalue weighted by Gasteiger charge is 2.12. The second kappa shape index (κ2) is 5.14. The van der Waals surface area contributed by atoms with E-state index in [0.29, 0.717) is 6.42 Å². The van der Waals surface area contributed by atoms with Gasteiger partial charge in [0.25, 0.3) is 0 Å². The monoisotopic (exact) mass is 234 g/mol. The van der Waals surface area contributed by atoms with E-state index >= 15 is 0 Å². The molecule has 1 atom stereocenters. The number of nitrogens with zero attached hydrogens (tertiary/aromatic N) is 4. The molecule has 0 aliphatic heterocycles. The second-order valence-electron chi connectivity index (χ2n) is 4.15. The fraction of sp³-hybridized carbons (Fsp3) is 0.500. The first-order valence-electron chi connectivity index (χ1n) is 5.88. The maximum atomic E-state index is 10.1. The van der Waals surface area contributed by atoms with Gasteiger partial charge in [-0.2, -0.15) is 10.2 Å². The molecule has 2 heterocycles. The summed E-state index contributed by atoms with van der Waals surface area (Å²) in [6, 6.07) is 1.87. The van der Waals surface area contributed by atoms with Crippen molar-refractivity contribution in [1.82, 2.24) is 19.6 Å². The molecular formula is C12H18N4O. The van der Waals surface area contributed by atoms with Crippen LogP contribution < -0.4 is 0 Å². The lowest BCUT2D eigenvalue weighted by molar-refractivity contribution is 0.157. The van der Waals surface area contributed by atoms with Crippen molar-refractivity contribution in [3.8, 4) is 0 Å². The van der Waals surface area contributed by atoms with E-state index in [1.165, 1.54) is 0 Å². The molecule has 1 unspecified atom stereocenters. The molecule has 0 radical (unpaired) electrons. The Hall–Kier alpha value is -1.62. The highest BCUT2D eigenvalue weighted by atomic mass is 16.3. The summed E-state index contributed by atoms with van der Waals surface area (Å²) < 4.78 is 3.60. The molecule has 0 aliphatic carbocycles. The number of aliphatic hydroxyl groups is 1. The summed E-state index contributed by atoms with van der Waals surface area (Å²) in [5.41, 5.74) is 2.03. The zero-order valence-electron chi connectivity index (χ0n) is 10.2. The molecule has 0 fully saturated rings. The van der Waals surface area contributed by atoms with E-state index in [1.807, 2.05) is 37.1 Å². The fourth-order valence-corrected chi connectivity index (χ4v) is 1.94. The van der Waals surface area contributed by atoms with Gasteiger partial charge in [-0.05, 0) is 31.4 Å². The lowest BCUT2D eigenvalue weighted by Crippen LogP contribution is -2.08. The van der Waals surface area contributed by atoms with Crippen molar-refractivity contribution in [2.75, 3.05) is 0 Å². The van der Waals surface area contributed by atoms with Gasteiger partial charge in [-0.3, -0.25) is 9.36 Å². The predicted octanol–water partition coefficient (Wildman–Crippen LogP) is 1.30. The van der Waals surface area contributed by atoms with Crippen LogP contribution in [0.2, 0.25) is 0 Å². The molecule has 0 saturated heterocycles. The zero-order chi connectivity index (χ0) is 12.3. The van der Waals surface area contributed by atoms with Crippen LogP contribution in [0.4, 0.5) is 0 Å². The molecule has 0 aliphatic rings. The smallest absolute Gasteiger partial charge is 0.0959 e. The lowest BCUT2D eigenvalue weighted by atomic mass is 10.1. The van der Waals surface area contributed by atoms with Crippen molar-refractivity contribution in [3.05, 3.63) is 35.9 Å². The van der Waals surface area contributed by atoms with E-state index in [1.54, 1.807) is 10.9 Å². The summed E-state index contributed by atoms with van der Waals surface area (Å²) in [5.74, 6) is 0. The van der Waals surface area contributed by atoms with Crippen LogP contribution in [0.5, 0.6) is 0 Å². The number of hydrogen-bond donors (Lipinski definition) is 1. The van der Waals surface area contributed by atoms with E-state index in [4.69, 9.17) is 0 Å². The largest absolute Gasteiger partial charge is 0.387 e. The van der Waals surface area contributed by atoms with Crippen molar-refractivity contribution in [3.63, 3.8) is 0 Å². The average Bonchev–Trinajstić information content (AvgIpc) is 2.94. The van der Waals surface area contributed by atoms with Gasteiger partial charge in [0, 0.05) is 26.0 Å². The molecular weight excluding hydrogens is 216 g/mol. The summed E-state index contributed by atoms with van der Waals surface area (Å²) >= 11 is 0. The third kappa shape index (κ3) is 2.74. The van der Waals surface area contributed by atoms with Gasteiger partial charge in [0.2, 0.25) is 0 Å². The van der Waals surface area contributed by atoms with Crippen molar-refractivity contribution in [2.24, 2.45) is 7.05 Å². The minimum absolute atomic E-state index is 0.461. The van der Waals surface area contributed by atoms with Crippen molar-refractivity contribution < 1.29 is 5.11 Å². The van der Waals surface area contributed by atoms with Gasteiger partial charge in [0.05, 0.1) is 18.0 Å². The molecule has 0 aromatic carbocycles. The van der Waals surface area contributed by atoms with Gasteiger partial charge in [0.15, 0.2) is 0 Å². The maximum absolute atomic E-state index is 10.1. The molecule has 2 aromatic rings. The fourth-order valence-electron chi connectivity index (χ4n) is 1.94. The lowest BCUT2D eigenvalue weighted by Gasteiger charge is -2.11. The second-order valence-corrected chi connectivity index (χ2v) is 4.15. The van der Waals surface area contributed by atoms with Gasteiger partial charge < -0.3 is 5.11 Å². The van der Waals surface area contributed by atoms with E-state index < -0.39 is 6.10 Å². The van der Waals surface area contributed by atoms with Crippen LogP contribution >= 0.6 is 0 Å². The van der Waals surface area contributed by atoms with Crippen LogP contribution in [0, 0.1) is 0 Å². The molecule has 0 bridgehead atoms. The van der Waals surface area contributed by atoms with Crippen LogP contribution in [0.25, 0.3) is 0 Å². The Labute approximate surface area is 101 Å². The minimum Gasteiger partial charge on any atom is -0.387 e. The van der Waals surface area contributed by atoms with E-state index in [-0.39, 0.29) is 0 Å². The normalized spacial score (nSPS) is 12.9. The molecule has 2 aromatic heterocycles. The Balaban J connectivity index is 1.95. The van der Waals surface area contributed by atoms with Crippen LogP contribution in [0.3, 0.4) is 0 Å². The Bertz CT molecular complexity index is 474. The van der Waals surface area contributed by atoms with Gasteiger partial charge >= 0.3 is 0 Å². The molecule has 0 spiro atoms. The first-order valence-corrected chi connectivity index (χ1v) is 5.88. The summed E-state index contributed by atoms with van der Waals surface area (Å²) in [5, 5.41) is 18.4. The average molecular weight is 234 g/mol. The summed E-state index contributed by atoms with van der Waals surface area (Å²) in [4.78, 5) is 0. The van der Waals surface area contributed by atoms with Gasteiger partial charge in [-0.1, -0.05) is 0 Å². The summed E-state index contributed by atoms with van der Waals surface area (Å²) in [7, 11) is 1.89. The van der Waals surface area contributed by atoms with E-state index in [9.17, 15) is 5.11 Å². The first kappa shape index (κ1) is 11.9. The standard InChI is InChI=1S/C12H18N4O/c1-3-16-11(6-7-13-16)12(17)5-4-10-8-14-15(2)9-10/h6-9,12,17H,3-5H2,1-2H3. The molecule has 0 amide bonds. The number of hydrogen-bond acceptors (Lipinski definition) is 3. The molecule has 92 valence electrons. The molecule has 2 rings (SSSR count). The van der Waals surface area contributed by atoms with Gasteiger partial charge in [-0.15, -0.1) is 0 Å². The molecule has 5 nitrogen and oxygen atoms in total. The Kier molecular flexibility index (Phi) is 3.58. The third-order valence-electron chi connectivity index (χ3n) is 2.86. The van der Waals surface area contributed by atoms with Crippen LogP contribution in [0.15, 0.2) is 24.7 Å². The highest BCUT2D eigenvalue weighted by Crippen LogP contribution is 2.18. The topological polar surface area (TPSA) is 55.9 Å². The number of aliphatic hydroxyl groups excluding tert-OH is 1. The number of aryl methyl sites for hydroxylation is 3. The first-order chi connectivity index (χ1) is 8.20. The van der Waals surface area contributed by atoms with Crippen LogP contribution in [0.1, 0.15) is 30.7 Å². The molecule has 17 heavy (non-hydrogen) atoms. The van der Waals surface area contributed by atoms with Gasteiger partial charge in [-0.25, -0.2) is 0 Å². The third-order valence-corrected chi connectivity index (χ3v) is 2.86. The quantitative estimate of drug-likeness (QED) is 0.848. The summed E-state index contributed by atoms with van der Waals surface area (Å²) in [6.07, 6.45) is 6.60. The Morgan fingerprint density at radius 1 is 1.41 bits per heavy atom. The van der Waals surface area contributed by atoms with Crippen LogP contribution in [-0.2, 0) is 20.0 Å². The number of aromatic nitrogens is 4. The molecule has 5 heteroatoms. The highest BCUT2D eigenvalue weighted by molar-refractivity contribution is 5.08. The zero-order valence-corrected chi connectivity index (χ0v) is 10.2. The SMILES string of the molecule is CCn1nccc1C(O)CCc1cnn(C)c1. The summed E-state index contributed by atoms with van der Waals surface area (Å²) in [6.45, 7) is 2.80. The minimum atomic E-state index is -0.461. The number of rotatable bonds is 5. The molecule has 1 N–H and O–H groups in total.